The summed E-state index contributed by atoms with van der Waals surface area (Å²) in [5.41, 5.74) is 4.47. The molecule has 0 aromatic heterocycles. The number of carbonyl (C=O) groups is 1. The van der Waals surface area contributed by atoms with Gasteiger partial charge >= 0.3 is 5.97 Å². The lowest BCUT2D eigenvalue weighted by Crippen LogP contribution is -2.35. The van der Waals surface area contributed by atoms with Crippen molar-refractivity contribution in [3.05, 3.63) is 70.8 Å². The van der Waals surface area contributed by atoms with Crippen molar-refractivity contribution in [2.24, 2.45) is 17.3 Å². The monoisotopic (exact) mass is 658 g/mol. The summed E-state index contributed by atoms with van der Waals surface area (Å²) in [7, 11) is 0. The average molecular weight is 659 g/mol. The largest absolute Gasteiger partial charge is 0.461 e. The number of unbranched alkanes of at least 4 members (excludes halogenated alkanes) is 4. The molecule has 0 N–H and O–H groups in total. The Labute approximate surface area is 293 Å². The molecule has 3 saturated carbocycles. The van der Waals surface area contributed by atoms with Crippen molar-refractivity contribution in [2.45, 2.75) is 167 Å². The molecule has 0 radical (unpaired) electrons. The Bertz CT molecular complexity index is 1170. The van der Waals surface area contributed by atoms with Crippen molar-refractivity contribution >= 4 is 5.97 Å². The van der Waals surface area contributed by atoms with Crippen molar-refractivity contribution in [3.63, 3.8) is 0 Å². The van der Waals surface area contributed by atoms with Gasteiger partial charge in [0.1, 0.15) is 6.61 Å². The summed E-state index contributed by atoms with van der Waals surface area (Å²) in [5, 5.41) is 0. The molecule has 48 heavy (non-hydrogen) atoms. The van der Waals surface area contributed by atoms with Gasteiger partial charge in [0.2, 0.25) is 0 Å². The van der Waals surface area contributed by atoms with Gasteiger partial charge in [0.25, 0.3) is 0 Å². The van der Waals surface area contributed by atoms with Crippen LogP contribution in [0.2, 0.25) is 0 Å². The van der Waals surface area contributed by atoms with Gasteiger partial charge in [0.05, 0.1) is 18.8 Å². The molecule has 0 bridgehead atoms. The third kappa shape index (κ3) is 11.4. The highest BCUT2D eigenvalue weighted by molar-refractivity contribution is 5.89. The molecule has 0 heterocycles. The number of esters is 1. The summed E-state index contributed by atoms with van der Waals surface area (Å²) in [6, 6.07) is 17.3. The minimum Gasteiger partial charge on any atom is -0.461 e. The van der Waals surface area contributed by atoms with E-state index < -0.39 is 0 Å². The highest BCUT2D eigenvalue weighted by Gasteiger charge is 2.35. The molecular formula is C44H66O4. The van der Waals surface area contributed by atoms with Crippen molar-refractivity contribution in [1.29, 1.82) is 0 Å². The Hall–Kier alpha value is -2.17. The number of benzene rings is 2. The molecule has 4 heteroatoms. The number of ether oxygens (including phenoxy) is 1. The molecule has 2 aromatic rings. The molecule has 0 saturated heterocycles. The van der Waals surface area contributed by atoms with Gasteiger partial charge in [-0.1, -0.05) is 121 Å². The molecule has 266 valence electrons. The van der Waals surface area contributed by atoms with Gasteiger partial charge in [0.15, 0.2) is 0 Å². The minimum atomic E-state index is -0.225. The molecule has 3 fully saturated rings. The molecule has 0 atom stereocenters. The molecule has 2 aromatic carbocycles. The zero-order valence-electron chi connectivity index (χ0n) is 30.5. The lowest BCUT2D eigenvalue weighted by molar-refractivity contribution is -0.322. The van der Waals surface area contributed by atoms with Crippen LogP contribution in [0.15, 0.2) is 48.5 Å². The first-order chi connectivity index (χ1) is 23.6. The van der Waals surface area contributed by atoms with Crippen LogP contribution in [-0.4, -0.2) is 19.2 Å². The molecule has 3 aliphatic carbocycles. The fourth-order valence-electron chi connectivity index (χ4n) is 8.92. The Morgan fingerprint density at radius 3 is 1.67 bits per heavy atom. The summed E-state index contributed by atoms with van der Waals surface area (Å²) in [6.45, 7) is 5.86. The molecule has 3 aliphatic rings. The van der Waals surface area contributed by atoms with Gasteiger partial charge in [-0.25, -0.2) is 14.6 Å². The Morgan fingerprint density at radius 2 is 1.15 bits per heavy atom. The number of hydrogen-bond acceptors (Lipinski definition) is 4. The van der Waals surface area contributed by atoms with Crippen molar-refractivity contribution in [1.82, 2.24) is 0 Å². The number of carbonyl (C=O) groups excluding carboxylic acids is 1. The topological polar surface area (TPSA) is 44.8 Å². The number of hydrogen-bond donors (Lipinski definition) is 0. The molecule has 0 spiro atoms. The fraction of sp³-hybridized carbons (Fsp3) is 0.705. The summed E-state index contributed by atoms with van der Waals surface area (Å²) >= 11 is 0. The maximum absolute atomic E-state index is 13.1. The van der Waals surface area contributed by atoms with Gasteiger partial charge in [0, 0.05) is 5.41 Å². The van der Waals surface area contributed by atoms with Gasteiger partial charge in [-0.15, -0.1) is 0 Å². The van der Waals surface area contributed by atoms with E-state index in [1.807, 2.05) is 12.1 Å². The van der Waals surface area contributed by atoms with E-state index in [4.69, 9.17) is 14.5 Å². The molecular weight excluding hydrogens is 592 g/mol. The first kappa shape index (κ1) is 37.1. The normalized spacial score (nSPS) is 24.3. The van der Waals surface area contributed by atoms with Gasteiger partial charge in [-0.05, 0) is 117 Å². The maximum Gasteiger partial charge on any atom is 0.338 e. The lowest BCUT2D eigenvalue weighted by Gasteiger charge is -2.35. The Balaban J connectivity index is 1.02. The van der Waals surface area contributed by atoms with Crippen LogP contribution in [0.25, 0.3) is 0 Å². The van der Waals surface area contributed by atoms with E-state index >= 15 is 0 Å². The predicted octanol–water partition coefficient (Wildman–Crippen LogP) is 12.7. The van der Waals surface area contributed by atoms with Crippen molar-refractivity contribution < 1.29 is 19.3 Å². The predicted molar refractivity (Wildman–Crippen MR) is 197 cm³/mol. The summed E-state index contributed by atoms with van der Waals surface area (Å²) in [4.78, 5) is 24.7. The highest BCUT2D eigenvalue weighted by atomic mass is 17.2. The maximum atomic E-state index is 13.1. The van der Waals surface area contributed by atoms with E-state index in [2.05, 4.69) is 50.2 Å². The highest BCUT2D eigenvalue weighted by Crippen LogP contribution is 2.40. The second-order valence-corrected chi connectivity index (χ2v) is 16.0. The van der Waals surface area contributed by atoms with E-state index in [-0.39, 0.29) is 11.4 Å². The molecule has 5 rings (SSSR count). The van der Waals surface area contributed by atoms with Crippen LogP contribution in [0.5, 0.6) is 0 Å². The Kier molecular flexibility index (Phi) is 15.4. The molecule has 0 aliphatic heterocycles. The first-order valence-electron chi connectivity index (χ1n) is 20.2. The van der Waals surface area contributed by atoms with Crippen LogP contribution in [0.3, 0.4) is 0 Å². The number of rotatable bonds is 18. The van der Waals surface area contributed by atoms with Gasteiger partial charge < -0.3 is 4.74 Å². The zero-order chi connectivity index (χ0) is 33.4. The van der Waals surface area contributed by atoms with Crippen molar-refractivity contribution in [2.75, 3.05) is 13.2 Å². The van der Waals surface area contributed by atoms with E-state index in [1.165, 1.54) is 120 Å². The first-order valence-corrected chi connectivity index (χ1v) is 20.2. The van der Waals surface area contributed by atoms with Crippen molar-refractivity contribution in [3.8, 4) is 0 Å². The minimum absolute atomic E-state index is 0.178. The quantitative estimate of drug-likeness (QED) is 0.0692. The standard InChI is InChI=1S/C44H66O4/c1-3-5-8-12-35-14-20-38(21-15-35)40-24-18-37(19-25-40)32-47-48-34-44(30-10-7-11-31-44)33-46-43(45)42-28-26-41(27-29-42)39-22-16-36(17-23-39)13-9-6-4-2/h18-19,24-29,35-36,38-39H,3-17,20-23,30-34H2,1-2H3. The van der Waals surface area contributed by atoms with Crippen LogP contribution in [-0.2, 0) is 21.1 Å². The SMILES string of the molecule is CCCCCC1CCC(c2ccc(COOCC3(COC(=O)c4ccc(C5CCC(CCCCC)CC5)cc4)CCCCC3)cc2)CC1. The molecule has 0 amide bonds. The van der Waals surface area contributed by atoms with E-state index in [9.17, 15) is 4.79 Å². The molecule has 0 unspecified atom stereocenters. The van der Waals surface area contributed by atoms with Gasteiger partial charge in [-0.2, -0.15) is 0 Å². The van der Waals surface area contributed by atoms with Crippen LogP contribution < -0.4 is 0 Å². The van der Waals surface area contributed by atoms with E-state index in [0.29, 0.717) is 37.2 Å². The summed E-state index contributed by atoms with van der Waals surface area (Å²) in [5.74, 6) is 2.96. The second-order valence-electron chi connectivity index (χ2n) is 16.0. The second kappa shape index (κ2) is 19.9. The van der Waals surface area contributed by atoms with Crippen LogP contribution in [0.1, 0.15) is 188 Å². The van der Waals surface area contributed by atoms with Crippen LogP contribution >= 0.6 is 0 Å². The lowest BCUT2D eigenvalue weighted by atomic mass is 9.75. The van der Waals surface area contributed by atoms with Crippen LogP contribution in [0.4, 0.5) is 0 Å². The van der Waals surface area contributed by atoms with E-state index in [0.717, 1.165) is 43.1 Å². The average Bonchev–Trinajstić information content (AvgIpc) is 3.14. The third-order valence-electron chi connectivity index (χ3n) is 12.3. The van der Waals surface area contributed by atoms with Crippen LogP contribution in [0, 0.1) is 17.3 Å². The summed E-state index contributed by atoms with van der Waals surface area (Å²) in [6.07, 6.45) is 27.2. The van der Waals surface area contributed by atoms with Gasteiger partial charge in [-0.3, -0.25) is 0 Å². The Morgan fingerprint density at radius 1 is 0.625 bits per heavy atom. The zero-order valence-corrected chi connectivity index (χ0v) is 30.5. The van der Waals surface area contributed by atoms with E-state index in [1.54, 1.807) is 0 Å². The molecule has 4 nitrogen and oxygen atoms in total. The smallest absolute Gasteiger partial charge is 0.338 e. The summed E-state index contributed by atoms with van der Waals surface area (Å²) < 4.78 is 5.96. The fourth-order valence-corrected chi connectivity index (χ4v) is 8.92. The third-order valence-corrected chi connectivity index (χ3v) is 12.3.